The smallest absolute Gasteiger partial charge is 0.246 e. The molecule has 0 spiro atoms. The third-order valence-electron chi connectivity index (χ3n) is 4.28. The van der Waals surface area contributed by atoms with Crippen LogP contribution in [0.2, 0.25) is 10.0 Å². The first-order valence-corrected chi connectivity index (χ1v) is 9.94. The normalized spacial score (nSPS) is 11.3. The van der Waals surface area contributed by atoms with E-state index in [1.54, 1.807) is 37.3 Å². The molecule has 0 aliphatic carbocycles. The number of nitrogens with zero attached hydrogens (tertiary/aromatic N) is 1. The molecule has 30 heavy (non-hydrogen) atoms. The van der Waals surface area contributed by atoms with Crippen molar-refractivity contribution < 1.29 is 9.53 Å². The summed E-state index contributed by atoms with van der Waals surface area (Å²) in [6.45, 7) is 2.12. The molecule has 0 aromatic heterocycles. The van der Waals surface area contributed by atoms with Crippen molar-refractivity contribution in [2.45, 2.75) is 19.6 Å². The van der Waals surface area contributed by atoms with Crippen LogP contribution >= 0.6 is 23.2 Å². The van der Waals surface area contributed by atoms with E-state index in [-0.39, 0.29) is 5.91 Å². The molecule has 0 radical (unpaired) electrons. The predicted molar refractivity (Wildman–Crippen MR) is 120 cm³/mol. The Hall–Kier alpha value is -3.20. The van der Waals surface area contributed by atoms with Crippen LogP contribution in [0.5, 0.6) is 5.75 Å². The molecule has 1 amide bonds. The average Bonchev–Trinajstić information content (AvgIpc) is 2.75. The summed E-state index contributed by atoms with van der Waals surface area (Å²) in [5.74, 6) is 0.463. The number of amides is 1. The van der Waals surface area contributed by atoms with Crippen molar-refractivity contribution in [3.63, 3.8) is 0 Å². The van der Waals surface area contributed by atoms with E-state index in [4.69, 9.17) is 33.2 Å². The molecule has 2 N–H and O–H groups in total. The average molecular weight is 440 g/mol. The largest absolute Gasteiger partial charge is 0.489 e. The Balaban J connectivity index is 1.54. The van der Waals surface area contributed by atoms with Crippen molar-refractivity contribution >= 4 is 40.5 Å². The summed E-state index contributed by atoms with van der Waals surface area (Å²) in [5.41, 5.74) is 2.80. The van der Waals surface area contributed by atoms with E-state index in [0.717, 1.165) is 11.3 Å². The molecule has 0 aliphatic rings. The van der Waals surface area contributed by atoms with Crippen molar-refractivity contribution in [3.05, 3.63) is 87.9 Å². The molecule has 1 unspecified atom stereocenters. The maximum Gasteiger partial charge on any atom is 0.246 e. The topological polar surface area (TPSA) is 74.1 Å². The van der Waals surface area contributed by atoms with Crippen molar-refractivity contribution in [3.8, 4) is 11.8 Å². The van der Waals surface area contributed by atoms with Gasteiger partial charge in [0.05, 0.1) is 22.3 Å². The van der Waals surface area contributed by atoms with Crippen LogP contribution in [-0.2, 0) is 11.4 Å². The summed E-state index contributed by atoms with van der Waals surface area (Å²) in [6, 6.07) is 21.1. The SMILES string of the molecule is CC(Nc1ccc(OCc2cccc(C#N)c2)cc1)C(=O)Nc1ccc(Cl)cc1Cl. The summed E-state index contributed by atoms with van der Waals surface area (Å²) in [5, 5.41) is 15.8. The molecule has 0 bridgehead atoms. The molecule has 3 aromatic rings. The molecular weight excluding hydrogens is 421 g/mol. The number of ether oxygens (including phenoxy) is 1. The maximum absolute atomic E-state index is 12.4. The van der Waals surface area contributed by atoms with Gasteiger partial charge < -0.3 is 15.4 Å². The Morgan fingerprint density at radius 1 is 1.10 bits per heavy atom. The highest BCUT2D eigenvalue weighted by atomic mass is 35.5. The van der Waals surface area contributed by atoms with Gasteiger partial charge in [-0.3, -0.25) is 4.79 Å². The van der Waals surface area contributed by atoms with Gasteiger partial charge in [0.15, 0.2) is 0 Å². The summed E-state index contributed by atoms with van der Waals surface area (Å²) < 4.78 is 5.76. The molecule has 1 atom stereocenters. The summed E-state index contributed by atoms with van der Waals surface area (Å²) in [6.07, 6.45) is 0. The van der Waals surface area contributed by atoms with Gasteiger partial charge in [-0.25, -0.2) is 0 Å². The number of carbonyl (C=O) groups is 1. The number of nitrogens with one attached hydrogen (secondary N) is 2. The summed E-state index contributed by atoms with van der Waals surface area (Å²) in [7, 11) is 0. The fourth-order valence-electron chi connectivity index (χ4n) is 2.69. The maximum atomic E-state index is 12.4. The number of rotatable bonds is 7. The molecule has 0 saturated carbocycles. The van der Waals surface area contributed by atoms with E-state index in [1.165, 1.54) is 0 Å². The second kappa shape index (κ2) is 10.0. The van der Waals surface area contributed by atoms with Gasteiger partial charge in [-0.05, 0) is 67.1 Å². The number of nitriles is 1. The molecule has 7 heteroatoms. The van der Waals surface area contributed by atoms with Crippen LogP contribution in [0.4, 0.5) is 11.4 Å². The van der Waals surface area contributed by atoms with Gasteiger partial charge in [0, 0.05) is 10.7 Å². The van der Waals surface area contributed by atoms with E-state index in [0.29, 0.717) is 33.7 Å². The van der Waals surface area contributed by atoms with Crippen LogP contribution < -0.4 is 15.4 Å². The predicted octanol–water partition coefficient (Wildman–Crippen LogP) is 5.88. The molecule has 152 valence electrons. The highest BCUT2D eigenvalue weighted by Crippen LogP contribution is 2.25. The van der Waals surface area contributed by atoms with E-state index >= 15 is 0 Å². The van der Waals surface area contributed by atoms with Gasteiger partial charge in [0.25, 0.3) is 0 Å². The van der Waals surface area contributed by atoms with Gasteiger partial charge in [-0.15, -0.1) is 0 Å². The quantitative estimate of drug-likeness (QED) is 0.481. The molecule has 3 rings (SSSR count). The van der Waals surface area contributed by atoms with E-state index in [9.17, 15) is 4.79 Å². The van der Waals surface area contributed by atoms with Gasteiger partial charge in [-0.2, -0.15) is 5.26 Å². The first-order valence-electron chi connectivity index (χ1n) is 9.19. The Labute approximate surface area is 185 Å². The molecule has 0 saturated heterocycles. The van der Waals surface area contributed by atoms with Crippen molar-refractivity contribution in [1.82, 2.24) is 0 Å². The lowest BCUT2D eigenvalue weighted by Gasteiger charge is -2.16. The summed E-state index contributed by atoms with van der Waals surface area (Å²) >= 11 is 12.0. The fraction of sp³-hybridized carbons (Fsp3) is 0.130. The number of hydrogen-bond donors (Lipinski definition) is 2. The number of halogens is 2. The molecule has 3 aromatic carbocycles. The van der Waals surface area contributed by atoms with Gasteiger partial charge >= 0.3 is 0 Å². The highest BCUT2D eigenvalue weighted by molar-refractivity contribution is 6.36. The van der Waals surface area contributed by atoms with Crippen molar-refractivity contribution in [2.75, 3.05) is 10.6 Å². The van der Waals surface area contributed by atoms with Crippen LogP contribution in [-0.4, -0.2) is 11.9 Å². The fourth-order valence-corrected chi connectivity index (χ4v) is 3.15. The highest BCUT2D eigenvalue weighted by Gasteiger charge is 2.14. The lowest BCUT2D eigenvalue weighted by Crippen LogP contribution is -2.31. The second-order valence-electron chi connectivity index (χ2n) is 6.60. The van der Waals surface area contributed by atoms with E-state index in [1.807, 2.05) is 36.4 Å². The van der Waals surface area contributed by atoms with Crippen LogP contribution in [0.1, 0.15) is 18.1 Å². The van der Waals surface area contributed by atoms with Gasteiger partial charge in [-0.1, -0.05) is 35.3 Å². The van der Waals surface area contributed by atoms with Crippen LogP contribution in [0.3, 0.4) is 0 Å². The first kappa shape index (κ1) is 21.5. The minimum atomic E-state index is -0.489. The van der Waals surface area contributed by atoms with E-state index < -0.39 is 6.04 Å². The minimum absolute atomic E-state index is 0.225. The van der Waals surface area contributed by atoms with Crippen LogP contribution in [0.15, 0.2) is 66.7 Å². The number of benzene rings is 3. The third-order valence-corrected chi connectivity index (χ3v) is 4.83. The van der Waals surface area contributed by atoms with E-state index in [2.05, 4.69) is 16.7 Å². The number of carbonyl (C=O) groups excluding carboxylic acids is 1. The van der Waals surface area contributed by atoms with Gasteiger partial charge in [0.1, 0.15) is 18.4 Å². The zero-order chi connectivity index (χ0) is 21.5. The molecule has 5 nitrogen and oxygen atoms in total. The van der Waals surface area contributed by atoms with Crippen molar-refractivity contribution in [1.29, 1.82) is 5.26 Å². The zero-order valence-electron chi connectivity index (χ0n) is 16.2. The first-order chi connectivity index (χ1) is 14.4. The van der Waals surface area contributed by atoms with Crippen molar-refractivity contribution in [2.24, 2.45) is 0 Å². The lowest BCUT2D eigenvalue weighted by molar-refractivity contribution is -0.116. The Morgan fingerprint density at radius 2 is 1.87 bits per heavy atom. The molecule has 0 aliphatic heterocycles. The lowest BCUT2D eigenvalue weighted by atomic mass is 10.1. The number of hydrogen-bond acceptors (Lipinski definition) is 4. The summed E-state index contributed by atoms with van der Waals surface area (Å²) in [4.78, 5) is 12.4. The molecule has 0 heterocycles. The van der Waals surface area contributed by atoms with Gasteiger partial charge in [0.2, 0.25) is 5.91 Å². The van der Waals surface area contributed by atoms with Crippen LogP contribution in [0, 0.1) is 11.3 Å². The molecule has 0 fully saturated rings. The minimum Gasteiger partial charge on any atom is -0.489 e. The zero-order valence-corrected chi connectivity index (χ0v) is 17.7. The third kappa shape index (κ3) is 5.90. The Bertz CT molecular complexity index is 1080. The Morgan fingerprint density at radius 3 is 2.57 bits per heavy atom. The standard InChI is InChI=1S/C23H19Cl2N3O2/c1-15(23(29)28-22-10-5-18(24)12-21(22)25)27-19-6-8-20(9-7-19)30-14-17-4-2-3-16(11-17)13-26/h2-12,15,27H,14H2,1H3,(H,28,29). The second-order valence-corrected chi connectivity index (χ2v) is 7.45. The Kier molecular flexibility index (Phi) is 7.18. The number of anilines is 2. The monoisotopic (exact) mass is 439 g/mol. The van der Waals surface area contributed by atoms with Crippen LogP contribution in [0.25, 0.3) is 0 Å². The molecular formula is C23H19Cl2N3O2.